The Balaban J connectivity index is 1.63. The van der Waals surface area contributed by atoms with E-state index in [1.165, 1.54) is 21.6 Å². The number of fused-ring (bicyclic) bond motifs is 1. The molecule has 0 aliphatic carbocycles. The largest absolute Gasteiger partial charge is 0.480 e. The predicted octanol–water partition coefficient (Wildman–Crippen LogP) is 5.30. The molecule has 0 fully saturated rings. The SMILES string of the molecule is CC(C)CN(CC(=O)O)C(=O)c1cnc(N2CCc3ccccc3C2)nc1CCc1ccc(C(C)(C)C)cc1. The van der Waals surface area contributed by atoms with Gasteiger partial charge in [0.2, 0.25) is 5.95 Å². The highest BCUT2D eigenvalue weighted by molar-refractivity contribution is 5.96. The molecule has 0 bridgehead atoms. The quantitative estimate of drug-likeness (QED) is 0.405. The van der Waals surface area contributed by atoms with Gasteiger partial charge >= 0.3 is 5.97 Å². The first kappa shape index (κ1) is 28.3. The van der Waals surface area contributed by atoms with Gasteiger partial charge in [0.25, 0.3) is 5.91 Å². The molecule has 0 saturated heterocycles. The van der Waals surface area contributed by atoms with Crippen LogP contribution in [-0.2, 0) is 36.0 Å². The Hall–Kier alpha value is -3.74. The minimum Gasteiger partial charge on any atom is -0.480 e. The first-order chi connectivity index (χ1) is 18.5. The fourth-order valence-corrected chi connectivity index (χ4v) is 5.02. The molecule has 1 N–H and O–H groups in total. The van der Waals surface area contributed by atoms with E-state index >= 15 is 0 Å². The molecule has 0 unspecified atom stereocenters. The normalized spacial score (nSPS) is 13.3. The van der Waals surface area contributed by atoms with Crippen LogP contribution < -0.4 is 4.90 Å². The van der Waals surface area contributed by atoms with Gasteiger partial charge in [-0.05, 0) is 52.8 Å². The molecule has 1 aromatic heterocycles. The Bertz CT molecular complexity index is 1310. The van der Waals surface area contributed by atoms with Crippen LogP contribution in [0.25, 0.3) is 0 Å². The van der Waals surface area contributed by atoms with Crippen molar-refractivity contribution in [1.29, 1.82) is 0 Å². The molecule has 0 spiro atoms. The summed E-state index contributed by atoms with van der Waals surface area (Å²) in [7, 11) is 0. The lowest BCUT2D eigenvalue weighted by molar-refractivity contribution is -0.137. The summed E-state index contributed by atoms with van der Waals surface area (Å²) in [6, 6.07) is 17.0. The molecule has 7 nitrogen and oxygen atoms in total. The topological polar surface area (TPSA) is 86.6 Å². The van der Waals surface area contributed by atoms with Gasteiger partial charge in [0.15, 0.2) is 0 Å². The van der Waals surface area contributed by atoms with E-state index in [1.807, 2.05) is 19.9 Å². The number of carboxylic acids is 1. The van der Waals surface area contributed by atoms with Gasteiger partial charge in [-0.15, -0.1) is 0 Å². The highest BCUT2D eigenvalue weighted by Gasteiger charge is 2.25. The number of nitrogens with zero attached hydrogens (tertiary/aromatic N) is 4. The van der Waals surface area contributed by atoms with Gasteiger partial charge < -0.3 is 14.9 Å². The van der Waals surface area contributed by atoms with E-state index in [1.54, 1.807) is 6.20 Å². The molecule has 39 heavy (non-hydrogen) atoms. The van der Waals surface area contributed by atoms with Gasteiger partial charge in [-0.2, -0.15) is 0 Å². The number of aromatic nitrogens is 2. The van der Waals surface area contributed by atoms with Crippen LogP contribution in [0.2, 0.25) is 0 Å². The van der Waals surface area contributed by atoms with Gasteiger partial charge in [-0.1, -0.05) is 83.1 Å². The lowest BCUT2D eigenvalue weighted by Crippen LogP contribution is -2.39. The average molecular weight is 529 g/mol. The van der Waals surface area contributed by atoms with Gasteiger partial charge in [0.1, 0.15) is 6.54 Å². The van der Waals surface area contributed by atoms with Gasteiger partial charge in [-0.3, -0.25) is 9.59 Å². The van der Waals surface area contributed by atoms with Crippen LogP contribution in [-0.4, -0.2) is 51.5 Å². The van der Waals surface area contributed by atoms with Crippen molar-refractivity contribution >= 4 is 17.8 Å². The van der Waals surface area contributed by atoms with Crippen LogP contribution in [0.15, 0.2) is 54.7 Å². The first-order valence-corrected chi connectivity index (χ1v) is 13.8. The van der Waals surface area contributed by atoms with Crippen molar-refractivity contribution in [1.82, 2.24) is 14.9 Å². The lowest BCUT2D eigenvalue weighted by atomic mass is 9.86. The Morgan fingerprint density at radius 1 is 1.03 bits per heavy atom. The minimum absolute atomic E-state index is 0.0801. The molecule has 2 aromatic carbocycles. The number of anilines is 1. The molecule has 7 heteroatoms. The monoisotopic (exact) mass is 528 g/mol. The zero-order chi connectivity index (χ0) is 28.2. The number of carbonyl (C=O) groups is 2. The summed E-state index contributed by atoms with van der Waals surface area (Å²) < 4.78 is 0. The molecule has 0 atom stereocenters. The second-order valence-electron chi connectivity index (χ2n) is 11.9. The molecule has 1 aliphatic rings. The first-order valence-electron chi connectivity index (χ1n) is 13.8. The van der Waals surface area contributed by atoms with Crippen molar-refractivity contribution in [3.05, 3.63) is 88.2 Å². The Morgan fingerprint density at radius 3 is 2.36 bits per heavy atom. The molecular weight excluding hydrogens is 488 g/mol. The standard InChI is InChI=1S/C32H40N4O3/c1-22(2)19-36(21-29(37)38)30(39)27-18-33-31(35-17-16-24-8-6-7-9-25(24)20-35)34-28(27)15-12-23-10-13-26(14-11-23)32(3,4)5/h6-11,13-14,18,22H,12,15-17,19-21H2,1-5H3,(H,37,38). The van der Waals surface area contributed by atoms with Gasteiger partial charge in [-0.25, -0.2) is 9.97 Å². The summed E-state index contributed by atoms with van der Waals surface area (Å²) >= 11 is 0. The van der Waals surface area contributed by atoms with Crippen molar-refractivity contribution < 1.29 is 14.7 Å². The van der Waals surface area contributed by atoms with Crippen LogP contribution >= 0.6 is 0 Å². The highest BCUT2D eigenvalue weighted by Crippen LogP contribution is 2.25. The maximum absolute atomic E-state index is 13.6. The molecule has 3 aromatic rings. The molecule has 4 rings (SSSR count). The van der Waals surface area contributed by atoms with E-state index in [9.17, 15) is 14.7 Å². The van der Waals surface area contributed by atoms with Crippen molar-refractivity contribution in [3.63, 3.8) is 0 Å². The Kier molecular flexibility index (Phi) is 8.68. The third-order valence-corrected chi connectivity index (χ3v) is 7.17. The molecular formula is C32H40N4O3. The molecule has 0 radical (unpaired) electrons. The highest BCUT2D eigenvalue weighted by atomic mass is 16.4. The van der Waals surface area contributed by atoms with Gasteiger partial charge in [0.05, 0.1) is 11.3 Å². The number of hydrogen-bond acceptors (Lipinski definition) is 5. The fourth-order valence-electron chi connectivity index (χ4n) is 5.02. The Labute approximate surface area is 231 Å². The third-order valence-electron chi connectivity index (χ3n) is 7.17. The van der Waals surface area contributed by atoms with Gasteiger partial charge in [0, 0.05) is 25.8 Å². The second kappa shape index (κ2) is 12.0. The smallest absolute Gasteiger partial charge is 0.323 e. The number of benzene rings is 2. The fraction of sp³-hybridized carbons (Fsp3) is 0.438. The van der Waals surface area contributed by atoms with Crippen LogP contribution in [0.5, 0.6) is 0 Å². The lowest BCUT2D eigenvalue weighted by Gasteiger charge is -2.29. The van der Waals surface area contributed by atoms with Crippen LogP contribution in [0.1, 0.15) is 72.9 Å². The van der Waals surface area contributed by atoms with Crippen molar-refractivity contribution in [2.45, 2.75) is 65.8 Å². The minimum atomic E-state index is -1.03. The third kappa shape index (κ3) is 7.22. The van der Waals surface area contributed by atoms with E-state index in [-0.39, 0.29) is 23.8 Å². The summed E-state index contributed by atoms with van der Waals surface area (Å²) in [6.07, 6.45) is 3.78. The summed E-state index contributed by atoms with van der Waals surface area (Å²) in [6.45, 7) is 12.0. The van der Waals surface area contributed by atoms with Crippen LogP contribution in [0, 0.1) is 5.92 Å². The summed E-state index contributed by atoms with van der Waals surface area (Å²) in [4.78, 5) is 38.3. The number of aliphatic carboxylic acids is 1. The van der Waals surface area contributed by atoms with E-state index in [0.717, 1.165) is 25.1 Å². The number of carboxylic acid groups (broad SMARTS) is 1. The van der Waals surface area contributed by atoms with Crippen molar-refractivity contribution in [2.75, 3.05) is 24.5 Å². The molecule has 206 valence electrons. The number of aryl methyl sites for hydroxylation is 2. The van der Waals surface area contributed by atoms with E-state index < -0.39 is 5.97 Å². The summed E-state index contributed by atoms with van der Waals surface area (Å²) in [5.74, 6) is -0.631. The second-order valence-corrected chi connectivity index (χ2v) is 11.9. The average Bonchev–Trinajstić information content (AvgIpc) is 2.90. The predicted molar refractivity (Wildman–Crippen MR) is 154 cm³/mol. The molecule has 1 amide bonds. The van der Waals surface area contributed by atoms with Crippen LogP contribution in [0.3, 0.4) is 0 Å². The zero-order valence-corrected chi connectivity index (χ0v) is 23.8. The van der Waals surface area contributed by atoms with E-state index in [0.29, 0.717) is 36.6 Å². The Morgan fingerprint density at radius 2 is 1.72 bits per heavy atom. The zero-order valence-electron chi connectivity index (χ0n) is 23.8. The van der Waals surface area contributed by atoms with E-state index in [4.69, 9.17) is 4.98 Å². The molecule has 0 saturated carbocycles. The molecule has 2 heterocycles. The number of carbonyl (C=O) groups excluding carboxylic acids is 1. The number of hydrogen-bond donors (Lipinski definition) is 1. The maximum atomic E-state index is 13.6. The number of amides is 1. The maximum Gasteiger partial charge on any atom is 0.323 e. The van der Waals surface area contributed by atoms with E-state index in [2.05, 4.69) is 73.1 Å². The summed E-state index contributed by atoms with van der Waals surface area (Å²) in [5, 5.41) is 9.46. The van der Waals surface area contributed by atoms with Crippen molar-refractivity contribution in [3.8, 4) is 0 Å². The van der Waals surface area contributed by atoms with Crippen LogP contribution in [0.4, 0.5) is 5.95 Å². The summed E-state index contributed by atoms with van der Waals surface area (Å²) in [5.41, 5.74) is 6.16. The molecule has 1 aliphatic heterocycles. The number of rotatable bonds is 9. The van der Waals surface area contributed by atoms with Crippen molar-refractivity contribution in [2.24, 2.45) is 5.92 Å².